The summed E-state index contributed by atoms with van der Waals surface area (Å²) in [5.41, 5.74) is 1.11. The van der Waals surface area contributed by atoms with Crippen molar-refractivity contribution in [3.8, 4) is 0 Å². The van der Waals surface area contributed by atoms with Gasteiger partial charge in [-0.3, -0.25) is 0 Å². The molecule has 0 bridgehead atoms. The van der Waals surface area contributed by atoms with E-state index in [0.717, 1.165) is 18.4 Å². The summed E-state index contributed by atoms with van der Waals surface area (Å²) in [4.78, 5) is 0. The van der Waals surface area contributed by atoms with Gasteiger partial charge in [-0.2, -0.15) is 0 Å². The van der Waals surface area contributed by atoms with Crippen LogP contribution in [0.3, 0.4) is 0 Å². The summed E-state index contributed by atoms with van der Waals surface area (Å²) in [5.74, 6) is 1.09. The van der Waals surface area contributed by atoms with Gasteiger partial charge in [0.05, 0.1) is 20.8 Å². The predicted molar refractivity (Wildman–Crippen MR) is 73.1 cm³/mol. The van der Waals surface area contributed by atoms with Crippen molar-refractivity contribution in [1.29, 1.82) is 0 Å². The van der Waals surface area contributed by atoms with Crippen molar-refractivity contribution in [1.82, 2.24) is 0 Å². The van der Waals surface area contributed by atoms with Crippen LogP contribution in [0, 0.1) is 0 Å². The molecular formula is C15H22O4. The van der Waals surface area contributed by atoms with Gasteiger partial charge < -0.3 is 18.9 Å². The largest absolute Gasteiger partial charge is 0.494 e. The molecule has 0 aliphatic carbocycles. The number of ether oxygens (including phenoxy) is 4. The zero-order valence-corrected chi connectivity index (χ0v) is 11.8. The number of rotatable bonds is 9. The van der Waals surface area contributed by atoms with E-state index in [0.29, 0.717) is 18.3 Å². The molecule has 4 nitrogen and oxygen atoms in total. The molecule has 0 unspecified atom stereocenters. The average molecular weight is 266 g/mol. The molecule has 0 aliphatic rings. The zero-order chi connectivity index (χ0) is 13.9. The number of methoxy groups -OCH3 is 2. The molecule has 0 atom stereocenters. The zero-order valence-electron chi connectivity index (χ0n) is 11.8. The van der Waals surface area contributed by atoms with Crippen molar-refractivity contribution in [3.05, 3.63) is 47.6 Å². The second-order valence-corrected chi connectivity index (χ2v) is 3.97. The van der Waals surface area contributed by atoms with E-state index in [2.05, 4.69) is 6.92 Å². The van der Waals surface area contributed by atoms with E-state index in [-0.39, 0.29) is 6.79 Å². The Morgan fingerprint density at radius 2 is 1.79 bits per heavy atom. The van der Waals surface area contributed by atoms with Crippen molar-refractivity contribution >= 4 is 0 Å². The summed E-state index contributed by atoms with van der Waals surface area (Å²) in [7, 11) is 3.17. The van der Waals surface area contributed by atoms with Gasteiger partial charge >= 0.3 is 5.95 Å². The molecule has 1 aromatic carbocycles. The summed E-state index contributed by atoms with van der Waals surface area (Å²) in [6.45, 7) is 2.71. The van der Waals surface area contributed by atoms with Crippen LogP contribution < -0.4 is 0 Å². The van der Waals surface area contributed by atoms with Gasteiger partial charge in [0.1, 0.15) is 0 Å². The van der Waals surface area contributed by atoms with Crippen molar-refractivity contribution in [2.75, 3.05) is 21.0 Å². The van der Waals surface area contributed by atoms with Gasteiger partial charge in [-0.05, 0) is 12.0 Å². The van der Waals surface area contributed by atoms with Crippen molar-refractivity contribution in [3.63, 3.8) is 0 Å². The number of hydrogen-bond acceptors (Lipinski definition) is 4. The van der Waals surface area contributed by atoms with Crippen LogP contribution in [0.1, 0.15) is 25.3 Å². The smallest absolute Gasteiger partial charge is 0.320 e. The van der Waals surface area contributed by atoms with Crippen molar-refractivity contribution in [2.45, 2.75) is 26.4 Å². The maximum Gasteiger partial charge on any atom is 0.320 e. The average Bonchev–Trinajstić information content (AvgIpc) is 2.46. The second-order valence-electron chi connectivity index (χ2n) is 3.97. The third-order valence-electron chi connectivity index (χ3n) is 2.52. The Labute approximate surface area is 114 Å². The summed E-state index contributed by atoms with van der Waals surface area (Å²) in [5, 5.41) is 0. The quantitative estimate of drug-likeness (QED) is 0.390. The second kappa shape index (κ2) is 9.28. The Bertz CT molecular complexity index is 373. The van der Waals surface area contributed by atoms with Crippen LogP contribution in [0.2, 0.25) is 0 Å². The molecule has 0 radical (unpaired) electrons. The third-order valence-corrected chi connectivity index (χ3v) is 2.52. The highest BCUT2D eigenvalue weighted by atomic mass is 16.7. The lowest BCUT2D eigenvalue weighted by atomic mass is 10.2. The SMILES string of the molecule is CCCC(OC)=C(OC)OCOCc1ccccc1. The first-order valence-electron chi connectivity index (χ1n) is 6.37. The Hall–Kier alpha value is -1.68. The van der Waals surface area contributed by atoms with Gasteiger partial charge in [0, 0.05) is 6.42 Å². The van der Waals surface area contributed by atoms with Crippen LogP contribution in [0.5, 0.6) is 0 Å². The lowest BCUT2D eigenvalue weighted by Crippen LogP contribution is -2.06. The van der Waals surface area contributed by atoms with Crippen LogP contribution in [0.15, 0.2) is 42.0 Å². The molecule has 0 fully saturated rings. The highest BCUT2D eigenvalue weighted by Crippen LogP contribution is 2.14. The molecule has 0 amide bonds. The van der Waals surface area contributed by atoms with Crippen LogP contribution in [-0.2, 0) is 25.6 Å². The molecule has 19 heavy (non-hydrogen) atoms. The minimum absolute atomic E-state index is 0.134. The first kappa shape index (κ1) is 15.4. The Morgan fingerprint density at radius 1 is 1.05 bits per heavy atom. The molecular weight excluding hydrogens is 244 g/mol. The molecule has 1 aromatic rings. The van der Waals surface area contributed by atoms with Crippen LogP contribution in [-0.4, -0.2) is 21.0 Å². The molecule has 0 saturated heterocycles. The van der Waals surface area contributed by atoms with E-state index >= 15 is 0 Å². The fourth-order valence-corrected chi connectivity index (χ4v) is 1.60. The molecule has 1 rings (SSSR count). The summed E-state index contributed by atoms with van der Waals surface area (Å²) < 4.78 is 21.3. The first-order chi connectivity index (χ1) is 9.31. The lowest BCUT2D eigenvalue weighted by Gasteiger charge is -2.13. The van der Waals surface area contributed by atoms with E-state index in [1.165, 1.54) is 0 Å². The highest BCUT2D eigenvalue weighted by molar-refractivity contribution is 5.13. The minimum atomic E-state index is 0.134. The molecule has 106 valence electrons. The fraction of sp³-hybridized carbons (Fsp3) is 0.467. The topological polar surface area (TPSA) is 36.9 Å². The monoisotopic (exact) mass is 266 g/mol. The van der Waals surface area contributed by atoms with Crippen LogP contribution in [0.4, 0.5) is 0 Å². The van der Waals surface area contributed by atoms with Gasteiger partial charge in [0.15, 0.2) is 12.6 Å². The highest BCUT2D eigenvalue weighted by Gasteiger charge is 2.08. The Balaban J connectivity index is 2.37. The Kier molecular flexibility index (Phi) is 7.51. The maximum absolute atomic E-state index is 5.43. The molecule has 0 saturated carbocycles. The molecule has 0 spiro atoms. The van der Waals surface area contributed by atoms with Gasteiger partial charge in [-0.15, -0.1) is 0 Å². The summed E-state index contributed by atoms with van der Waals surface area (Å²) >= 11 is 0. The van der Waals surface area contributed by atoms with Crippen LogP contribution in [0.25, 0.3) is 0 Å². The van der Waals surface area contributed by atoms with Gasteiger partial charge in [0.25, 0.3) is 0 Å². The summed E-state index contributed by atoms with van der Waals surface area (Å²) in [6, 6.07) is 9.94. The molecule has 4 heteroatoms. The van der Waals surface area contributed by atoms with Gasteiger partial charge in [-0.25, -0.2) is 0 Å². The first-order valence-corrected chi connectivity index (χ1v) is 6.37. The van der Waals surface area contributed by atoms with E-state index in [4.69, 9.17) is 18.9 Å². The van der Waals surface area contributed by atoms with E-state index in [1.54, 1.807) is 14.2 Å². The molecule has 0 aliphatic heterocycles. The normalized spacial score (nSPS) is 11.7. The van der Waals surface area contributed by atoms with Crippen molar-refractivity contribution in [2.24, 2.45) is 0 Å². The van der Waals surface area contributed by atoms with Crippen molar-refractivity contribution < 1.29 is 18.9 Å². The fourth-order valence-electron chi connectivity index (χ4n) is 1.60. The minimum Gasteiger partial charge on any atom is -0.494 e. The predicted octanol–water partition coefficient (Wildman–Crippen LogP) is 3.44. The maximum atomic E-state index is 5.43. The Morgan fingerprint density at radius 3 is 2.37 bits per heavy atom. The number of hydrogen-bond donors (Lipinski definition) is 0. The molecule has 0 aromatic heterocycles. The van der Waals surface area contributed by atoms with E-state index in [9.17, 15) is 0 Å². The number of benzene rings is 1. The van der Waals surface area contributed by atoms with Crippen LogP contribution >= 0.6 is 0 Å². The van der Waals surface area contributed by atoms with E-state index < -0.39 is 0 Å². The lowest BCUT2D eigenvalue weighted by molar-refractivity contribution is -0.0801. The third kappa shape index (κ3) is 5.66. The van der Waals surface area contributed by atoms with E-state index in [1.807, 2.05) is 30.3 Å². The number of allylic oxidation sites excluding steroid dienone is 1. The summed E-state index contributed by atoms with van der Waals surface area (Å²) in [6.07, 6.45) is 1.74. The molecule has 0 N–H and O–H groups in total. The standard InChI is InChI=1S/C15H22O4/c1-4-8-14(16-2)15(17-3)19-12-18-11-13-9-6-5-7-10-13/h5-7,9-10H,4,8,11-12H2,1-3H3. The van der Waals surface area contributed by atoms with Gasteiger partial charge in [0.2, 0.25) is 0 Å². The molecule has 0 heterocycles. The van der Waals surface area contributed by atoms with Gasteiger partial charge in [-0.1, -0.05) is 37.3 Å².